The molecule has 11 heteroatoms. The maximum Gasteiger partial charge on any atom is 0.264 e. The number of halogens is 2. The standard InChI is InChI=1S/C38H41BrClN3O5S/c1-2-48-34-21-19-33(20-22-34)43(49(46,47)35-23-17-31(40)18-24-35)27-37(44)42(26-29-13-15-30(39)16-14-29)36(25-28-9-5-3-6-10-28)38(45)41-32-11-7-4-8-12-32/h3,5-6,9-10,13-24,32,36H,2,4,7-8,11-12,25-27H2,1H3,(H,41,45)/t36-/m0/s1. The van der Waals surface area contributed by atoms with Gasteiger partial charge in [0.2, 0.25) is 11.8 Å². The number of carbonyl (C=O) groups excluding carboxylic acids is 2. The van der Waals surface area contributed by atoms with E-state index in [1.807, 2.05) is 61.5 Å². The first-order valence-corrected chi connectivity index (χ1v) is 19.1. The summed E-state index contributed by atoms with van der Waals surface area (Å²) in [6.45, 7) is 1.86. The van der Waals surface area contributed by atoms with Crippen molar-refractivity contribution in [3.63, 3.8) is 0 Å². The molecule has 0 radical (unpaired) electrons. The quantitative estimate of drug-likeness (QED) is 0.142. The number of benzene rings is 4. The number of sulfonamides is 1. The van der Waals surface area contributed by atoms with E-state index in [1.165, 1.54) is 29.2 Å². The van der Waals surface area contributed by atoms with Crippen molar-refractivity contribution in [2.24, 2.45) is 0 Å². The molecular formula is C38H41BrClN3O5S. The van der Waals surface area contributed by atoms with Crippen LogP contribution in [0.15, 0.2) is 112 Å². The second-order valence-electron chi connectivity index (χ2n) is 12.1. The van der Waals surface area contributed by atoms with Gasteiger partial charge in [0, 0.05) is 28.5 Å². The van der Waals surface area contributed by atoms with Crippen molar-refractivity contribution in [1.82, 2.24) is 10.2 Å². The predicted molar refractivity (Wildman–Crippen MR) is 197 cm³/mol. The van der Waals surface area contributed by atoms with E-state index in [0.717, 1.165) is 52.0 Å². The number of hydrogen-bond acceptors (Lipinski definition) is 5. The largest absolute Gasteiger partial charge is 0.494 e. The minimum absolute atomic E-state index is 0.0195. The molecule has 1 atom stereocenters. The highest BCUT2D eigenvalue weighted by Gasteiger charge is 2.35. The van der Waals surface area contributed by atoms with E-state index in [9.17, 15) is 18.0 Å². The average Bonchev–Trinajstić information content (AvgIpc) is 3.11. The van der Waals surface area contributed by atoms with E-state index in [-0.39, 0.29) is 35.5 Å². The van der Waals surface area contributed by atoms with E-state index >= 15 is 0 Å². The van der Waals surface area contributed by atoms with Crippen LogP contribution in [-0.4, -0.2) is 50.4 Å². The number of hydrogen-bond donors (Lipinski definition) is 1. The SMILES string of the molecule is CCOc1ccc(N(CC(=O)N(Cc2ccc(Br)cc2)[C@@H](Cc2ccccc2)C(=O)NC2CCCCC2)S(=O)(=O)c2ccc(Cl)cc2)cc1. The number of carbonyl (C=O) groups is 2. The molecule has 49 heavy (non-hydrogen) atoms. The van der Waals surface area contributed by atoms with Crippen molar-refractivity contribution in [3.05, 3.63) is 124 Å². The molecule has 1 saturated carbocycles. The molecule has 1 N–H and O–H groups in total. The van der Waals surface area contributed by atoms with Gasteiger partial charge >= 0.3 is 0 Å². The minimum Gasteiger partial charge on any atom is -0.494 e. The monoisotopic (exact) mass is 765 g/mol. The van der Waals surface area contributed by atoms with Crippen molar-refractivity contribution in [2.75, 3.05) is 17.5 Å². The van der Waals surface area contributed by atoms with Gasteiger partial charge in [-0.2, -0.15) is 0 Å². The normalized spacial score (nSPS) is 14.1. The third kappa shape index (κ3) is 9.86. The smallest absolute Gasteiger partial charge is 0.264 e. The minimum atomic E-state index is -4.25. The molecule has 2 amide bonds. The van der Waals surface area contributed by atoms with Gasteiger partial charge in [0.05, 0.1) is 17.2 Å². The summed E-state index contributed by atoms with van der Waals surface area (Å²) in [5.74, 6) is -0.205. The molecule has 8 nitrogen and oxygen atoms in total. The molecule has 1 fully saturated rings. The molecule has 4 aromatic carbocycles. The number of anilines is 1. The van der Waals surface area contributed by atoms with Crippen LogP contribution in [0.1, 0.15) is 50.2 Å². The summed E-state index contributed by atoms with van der Waals surface area (Å²) in [6, 6.07) is 28.6. The third-order valence-electron chi connectivity index (χ3n) is 8.61. The first-order valence-electron chi connectivity index (χ1n) is 16.5. The van der Waals surface area contributed by atoms with Gasteiger partial charge in [0.25, 0.3) is 10.0 Å². The second kappa shape index (κ2) is 17.2. The molecule has 0 aliphatic heterocycles. The lowest BCUT2D eigenvalue weighted by molar-refractivity contribution is -0.140. The predicted octanol–water partition coefficient (Wildman–Crippen LogP) is 7.79. The zero-order valence-corrected chi connectivity index (χ0v) is 30.6. The van der Waals surface area contributed by atoms with Crippen LogP contribution >= 0.6 is 27.5 Å². The summed E-state index contributed by atoms with van der Waals surface area (Å²) >= 11 is 9.57. The summed E-state index contributed by atoms with van der Waals surface area (Å²) < 4.78 is 36.1. The fourth-order valence-corrected chi connectivity index (χ4v) is 7.83. The number of nitrogens with one attached hydrogen (secondary N) is 1. The molecule has 0 bridgehead atoms. The maximum atomic E-state index is 14.7. The highest BCUT2D eigenvalue weighted by Crippen LogP contribution is 2.28. The average molecular weight is 767 g/mol. The van der Waals surface area contributed by atoms with Crippen LogP contribution in [0.4, 0.5) is 5.69 Å². The highest BCUT2D eigenvalue weighted by molar-refractivity contribution is 9.10. The Morgan fingerprint density at radius 3 is 2.16 bits per heavy atom. The molecule has 1 aliphatic carbocycles. The molecule has 0 saturated heterocycles. The number of nitrogens with zero attached hydrogens (tertiary/aromatic N) is 2. The fraction of sp³-hybridized carbons (Fsp3) is 0.316. The Morgan fingerprint density at radius 1 is 0.878 bits per heavy atom. The first-order chi connectivity index (χ1) is 23.6. The molecule has 0 unspecified atom stereocenters. The van der Waals surface area contributed by atoms with Gasteiger partial charge < -0.3 is 15.0 Å². The number of rotatable bonds is 14. The van der Waals surface area contributed by atoms with Gasteiger partial charge in [0.15, 0.2) is 0 Å². The topological polar surface area (TPSA) is 96.0 Å². The lowest BCUT2D eigenvalue weighted by Crippen LogP contribution is -2.55. The molecule has 0 aromatic heterocycles. The van der Waals surface area contributed by atoms with E-state index in [2.05, 4.69) is 21.2 Å². The van der Waals surface area contributed by atoms with E-state index < -0.39 is 28.5 Å². The van der Waals surface area contributed by atoms with Crippen LogP contribution < -0.4 is 14.4 Å². The Hall–Kier alpha value is -3.86. The fourth-order valence-electron chi connectivity index (χ4n) is 6.02. The van der Waals surface area contributed by atoms with Crippen molar-refractivity contribution >= 4 is 55.1 Å². The van der Waals surface area contributed by atoms with E-state index in [1.54, 1.807) is 24.3 Å². The molecule has 1 aliphatic rings. The van der Waals surface area contributed by atoms with Crippen molar-refractivity contribution in [1.29, 1.82) is 0 Å². The highest BCUT2D eigenvalue weighted by atomic mass is 79.9. The zero-order chi connectivity index (χ0) is 34.8. The van der Waals surface area contributed by atoms with Crippen LogP contribution in [0.3, 0.4) is 0 Å². The van der Waals surface area contributed by atoms with Crippen LogP contribution in [0.5, 0.6) is 5.75 Å². The van der Waals surface area contributed by atoms with Gasteiger partial charge in [-0.25, -0.2) is 8.42 Å². The van der Waals surface area contributed by atoms with Gasteiger partial charge in [-0.1, -0.05) is 89.3 Å². The number of ether oxygens (including phenoxy) is 1. The lowest BCUT2D eigenvalue weighted by atomic mass is 9.94. The molecule has 0 spiro atoms. The van der Waals surface area contributed by atoms with Gasteiger partial charge in [0.1, 0.15) is 18.3 Å². The lowest BCUT2D eigenvalue weighted by Gasteiger charge is -2.35. The van der Waals surface area contributed by atoms with E-state index in [4.69, 9.17) is 16.3 Å². The maximum absolute atomic E-state index is 14.7. The Balaban J connectivity index is 1.56. The Morgan fingerprint density at radius 2 is 1.53 bits per heavy atom. The molecule has 0 heterocycles. The van der Waals surface area contributed by atoms with Crippen LogP contribution in [0.2, 0.25) is 5.02 Å². The Bertz CT molecular complexity index is 1780. The second-order valence-corrected chi connectivity index (χ2v) is 15.3. The van der Waals surface area contributed by atoms with Crippen molar-refractivity contribution in [3.8, 4) is 5.75 Å². The molecular weight excluding hydrogens is 726 g/mol. The first kappa shape index (κ1) is 36.4. The summed E-state index contributed by atoms with van der Waals surface area (Å²) in [7, 11) is -4.25. The summed E-state index contributed by atoms with van der Waals surface area (Å²) in [4.78, 5) is 30.5. The third-order valence-corrected chi connectivity index (χ3v) is 11.2. The summed E-state index contributed by atoms with van der Waals surface area (Å²) in [5.41, 5.74) is 1.96. The zero-order valence-electron chi connectivity index (χ0n) is 27.4. The number of amides is 2. The van der Waals surface area contributed by atoms with E-state index in [0.29, 0.717) is 17.4 Å². The summed E-state index contributed by atoms with van der Waals surface area (Å²) in [5, 5.41) is 3.62. The van der Waals surface area contributed by atoms with Crippen LogP contribution in [-0.2, 0) is 32.6 Å². The molecule has 4 aromatic rings. The van der Waals surface area contributed by atoms with Gasteiger partial charge in [-0.15, -0.1) is 0 Å². The summed E-state index contributed by atoms with van der Waals surface area (Å²) in [6.07, 6.45) is 5.24. The molecule has 5 rings (SSSR count). The van der Waals surface area contributed by atoms with Crippen molar-refractivity contribution in [2.45, 2.75) is 69.0 Å². The van der Waals surface area contributed by atoms with Crippen molar-refractivity contribution < 1.29 is 22.7 Å². The van der Waals surface area contributed by atoms with Gasteiger partial charge in [-0.3, -0.25) is 13.9 Å². The van der Waals surface area contributed by atoms with Crippen LogP contribution in [0, 0.1) is 0 Å². The Kier molecular flexibility index (Phi) is 12.8. The Labute approximate surface area is 302 Å². The molecule has 258 valence electrons. The van der Waals surface area contributed by atoms with Gasteiger partial charge in [-0.05, 0) is 91.6 Å². The van der Waals surface area contributed by atoms with Crippen LogP contribution in [0.25, 0.3) is 0 Å².